The van der Waals surface area contributed by atoms with Crippen molar-refractivity contribution in [2.24, 2.45) is 5.41 Å². The maximum atomic E-state index is 12.7. The number of phosphoric acid groups is 3. The van der Waals surface area contributed by atoms with E-state index in [-0.39, 0.29) is 41.6 Å². The van der Waals surface area contributed by atoms with Gasteiger partial charge in [-0.25, -0.2) is 28.6 Å². The smallest absolute Gasteiger partial charge is 0.386 e. The zero-order valence-corrected chi connectivity index (χ0v) is 34.8. The van der Waals surface area contributed by atoms with E-state index in [9.17, 15) is 57.9 Å². The van der Waals surface area contributed by atoms with E-state index in [4.69, 9.17) is 19.5 Å². The van der Waals surface area contributed by atoms with Crippen LogP contribution in [0.5, 0.6) is 0 Å². The SMILES string of the molecule is CC(C)(COP(=O)(O)OP(=O)(O)OC[C@H]1O[C@@H](n2cnc3c(N)ncnc32)[C@H](O)[C@@H]1OP(=O)(O)O)[C@@H](O)C(=O)NCCC(=O)NCCSC(=O)/C=C/Cc1ccccc1. The Bertz CT molecular complexity index is 2110. The van der Waals surface area contributed by atoms with Crippen molar-refractivity contribution >= 4 is 69.1 Å². The number of benzene rings is 1. The fraction of sp³-hybridized carbons (Fsp3) is 0.484. The summed E-state index contributed by atoms with van der Waals surface area (Å²) in [6.07, 6.45) is -3.13. The number of carbonyl (C=O) groups excluding carboxylic acids is 3. The Morgan fingerprint density at radius 2 is 1.73 bits per heavy atom. The largest absolute Gasteiger partial charge is 0.481 e. The van der Waals surface area contributed by atoms with E-state index in [2.05, 4.69) is 34.4 Å². The minimum atomic E-state index is -5.58. The van der Waals surface area contributed by atoms with Gasteiger partial charge in [0.15, 0.2) is 17.7 Å². The third-order valence-electron chi connectivity index (χ3n) is 8.20. The lowest BCUT2D eigenvalue weighted by Gasteiger charge is -2.30. The zero-order chi connectivity index (χ0) is 43.6. The number of hydrogen-bond donors (Lipinski definition) is 9. The number of allylic oxidation sites excluding steroid dienone is 1. The molecule has 2 unspecified atom stereocenters. The molecule has 1 aliphatic rings. The average Bonchev–Trinajstić information content (AvgIpc) is 3.71. The van der Waals surface area contributed by atoms with Crippen LogP contribution < -0.4 is 16.4 Å². The van der Waals surface area contributed by atoms with Gasteiger partial charge in [0, 0.05) is 30.7 Å². The molecule has 2 aromatic heterocycles. The van der Waals surface area contributed by atoms with Crippen LogP contribution in [0.15, 0.2) is 55.1 Å². The Kier molecular flexibility index (Phi) is 17.0. The average molecular weight is 912 g/mol. The maximum absolute atomic E-state index is 12.7. The normalized spacial score (nSPS) is 21.2. The van der Waals surface area contributed by atoms with Crippen LogP contribution in [-0.2, 0) is 57.1 Å². The fourth-order valence-electron chi connectivity index (χ4n) is 5.24. The van der Waals surface area contributed by atoms with Crippen molar-refractivity contribution in [1.29, 1.82) is 0 Å². The van der Waals surface area contributed by atoms with Gasteiger partial charge < -0.3 is 50.9 Å². The van der Waals surface area contributed by atoms with Crippen molar-refractivity contribution in [3.8, 4) is 0 Å². The summed E-state index contributed by atoms with van der Waals surface area (Å²) in [7, 11) is -16.4. The van der Waals surface area contributed by atoms with E-state index >= 15 is 0 Å². The van der Waals surface area contributed by atoms with Crippen LogP contribution in [0.25, 0.3) is 11.2 Å². The minimum Gasteiger partial charge on any atom is -0.386 e. The van der Waals surface area contributed by atoms with Gasteiger partial charge in [0.1, 0.15) is 36.3 Å². The number of nitrogens with one attached hydrogen (secondary N) is 2. The number of thioether (sulfide) groups is 1. The molecule has 0 spiro atoms. The van der Waals surface area contributed by atoms with Gasteiger partial charge in [0.2, 0.25) is 16.9 Å². The molecule has 28 heteroatoms. The van der Waals surface area contributed by atoms with Crippen LogP contribution in [0, 0.1) is 5.41 Å². The van der Waals surface area contributed by atoms with Crippen LogP contribution >= 0.6 is 35.2 Å². The van der Waals surface area contributed by atoms with Crippen LogP contribution in [0.2, 0.25) is 0 Å². The molecule has 3 aromatic rings. The summed E-state index contributed by atoms with van der Waals surface area (Å²) in [6.45, 7) is 0.446. The molecule has 59 heavy (non-hydrogen) atoms. The van der Waals surface area contributed by atoms with Gasteiger partial charge in [-0.05, 0) is 18.1 Å². The molecule has 0 saturated carbocycles. The molecule has 24 nitrogen and oxygen atoms in total. The number of anilines is 1. The molecule has 1 aromatic carbocycles. The molecular formula is C31H44N7O17P3S. The first kappa shape index (κ1) is 48.2. The van der Waals surface area contributed by atoms with E-state index in [1.54, 1.807) is 6.08 Å². The highest BCUT2D eigenvalue weighted by atomic mass is 32.2. The molecule has 10 N–H and O–H groups in total. The number of nitrogens with zero attached hydrogens (tertiary/aromatic N) is 4. The summed E-state index contributed by atoms with van der Waals surface area (Å²) in [4.78, 5) is 87.8. The number of nitrogen functional groups attached to an aromatic ring is 1. The standard InChI is InChI=1S/C31H44N7O17P3S/c1-31(2,26(42)29(43)34-12-11-21(39)33-13-14-59-22(40)10-6-9-19-7-4-3-5-8-19)16-52-58(49,50)55-57(47,48)51-15-20-25(54-56(44,45)46)24(41)30(53-20)38-18-37-23-27(32)35-17-36-28(23)38/h3-8,10,17-18,20,24-26,30,41-42H,9,11-16H2,1-2H3,(H,33,39)(H,34,43)(H,47,48)(H,49,50)(H2,32,35,36)(H2,44,45,46)/b10-6+/t20-,24-,25-,26+,30-/m1/s1. The van der Waals surface area contributed by atoms with E-state index in [1.165, 1.54) is 19.9 Å². The highest BCUT2D eigenvalue weighted by Crippen LogP contribution is 2.61. The number of aromatic nitrogens is 4. The number of hydrogen-bond acceptors (Lipinski definition) is 18. The first-order valence-corrected chi connectivity index (χ1v) is 22.8. The molecule has 0 aliphatic carbocycles. The molecule has 0 radical (unpaired) electrons. The van der Waals surface area contributed by atoms with E-state index in [0.717, 1.165) is 34.5 Å². The summed E-state index contributed by atoms with van der Waals surface area (Å²) in [5, 5.41) is 26.2. The summed E-state index contributed by atoms with van der Waals surface area (Å²) in [5.41, 5.74) is 5.31. The summed E-state index contributed by atoms with van der Waals surface area (Å²) in [6, 6.07) is 9.58. The lowest BCUT2D eigenvalue weighted by Crippen LogP contribution is -2.46. The molecule has 3 heterocycles. The fourth-order valence-corrected chi connectivity index (χ4v) is 8.66. The predicted octanol–water partition coefficient (Wildman–Crippen LogP) is 0.464. The number of ether oxygens (including phenoxy) is 1. The van der Waals surface area contributed by atoms with Crippen LogP contribution in [0.3, 0.4) is 0 Å². The highest BCUT2D eigenvalue weighted by molar-refractivity contribution is 8.14. The number of nitrogens with two attached hydrogens (primary N) is 1. The second kappa shape index (κ2) is 20.9. The van der Waals surface area contributed by atoms with Crippen molar-refractivity contribution in [3.05, 3.63) is 60.7 Å². The van der Waals surface area contributed by atoms with Gasteiger partial charge in [0.05, 0.1) is 19.5 Å². The van der Waals surface area contributed by atoms with Crippen molar-refractivity contribution in [1.82, 2.24) is 30.2 Å². The number of amides is 2. The number of phosphoric ester groups is 3. The quantitative estimate of drug-likeness (QED) is 0.0376. The van der Waals surface area contributed by atoms with Gasteiger partial charge in [-0.2, -0.15) is 4.31 Å². The Balaban J connectivity index is 1.20. The first-order valence-electron chi connectivity index (χ1n) is 17.3. The van der Waals surface area contributed by atoms with Gasteiger partial charge >= 0.3 is 23.5 Å². The number of fused-ring (bicyclic) bond motifs is 1. The molecule has 4 rings (SSSR count). The molecule has 2 amide bonds. The Morgan fingerprint density at radius 3 is 2.42 bits per heavy atom. The second-order valence-electron chi connectivity index (χ2n) is 13.3. The maximum Gasteiger partial charge on any atom is 0.481 e. The molecule has 326 valence electrons. The molecular weight excluding hydrogens is 867 g/mol. The van der Waals surface area contributed by atoms with E-state index < -0.39 is 84.6 Å². The number of rotatable bonds is 22. The van der Waals surface area contributed by atoms with Gasteiger partial charge in [-0.15, -0.1) is 0 Å². The number of carbonyl (C=O) groups is 3. The Morgan fingerprint density at radius 1 is 1.03 bits per heavy atom. The zero-order valence-electron chi connectivity index (χ0n) is 31.3. The molecule has 1 saturated heterocycles. The highest BCUT2D eigenvalue weighted by Gasteiger charge is 2.50. The van der Waals surface area contributed by atoms with Gasteiger partial charge in [-0.1, -0.05) is 62.0 Å². The number of aliphatic hydroxyl groups excluding tert-OH is 2. The molecule has 0 bridgehead atoms. The Hall–Kier alpha value is -3.48. The van der Waals surface area contributed by atoms with E-state index in [1.807, 2.05) is 30.3 Å². The summed E-state index contributed by atoms with van der Waals surface area (Å²) < 4.78 is 62.2. The molecule has 7 atom stereocenters. The number of imidazole rings is 1. The topological polar surface area (TPSA) is 364 Å². The van der Waals surface area contributed by atoms with Crippen LogP contribution in [-0.4, -0.2) is 123 Å². The van der Waals surface area contributed by atoms with Crippen molar-refractivity contribution in [2.45, 2.75) is 57.3 Å². The lowest BCUT2D eigenvalue weighted by atomic mass is 9.87. The monoisotopic (exact) mass is 911 g/mol. The number of aliphatic hydroxyl groups is 2. The predicted molar refractivity (Wildman–Crippen MR) is 206 cm³/mol. The van der Waals surface area contributed by atoms with Crippen molar-refractivity contribution < 1.29 is 80.5 Å². The lowest BCUT2D eigenvalue weighted by molar-refractivity contribution is -0.137. The second-order valence-corrected chi connectivity index (χ2v) is 18.7. The Labute approximate surface area is 340 Å². The van der Waals surface area contributed by atoms with Crippen molar-refractivity contribution in [3.63, 3.8) is 0 Å². The third-order valence-corrected chi connectivity index (χ3v) is 12.1. The third kappa shape index (κ3) is 14.9. The van der Waals surface area contributed by atoms with Crippen LogP contribution in [0.4, 0.5) is 5.82 Å². The van der Waals surface area contributed by atoms with Crippen LogP contribution in [0.1, 0.15) is 32.1 Å². The minimum absolute atomic E-state index is 0.0288. The summed E-state index contributed by atoms with van der Waals surface area (Å²) >= 11 is 1.02. The van der Waals surface area contributed by atoms with Gasteiger partial charge in [0.25, 0.3) is 0 Å². The summed E-state index contributed by atoms with van der Waals surface area (Å²) in [5.74, 6) is -1.17. The first-order chi connectivity index (χ1) is 27.6. The molecule has 1 aliphatic heterocycles. The molecule has 1 fully saturated rings. The van der Waals surface area contributed by atoms with Crippen molar-refractivity contribution in [2.75, 3.05) is 37.8 Å². The van der Waals surface area contributed by atoms with Gasteiger partial charge in [-0.3, -0.25) is 32.5 Å². The van der Waals surface area contributed by atoms with E-state index in [0.29, 0.717) is 12.2 Å².